The first-order valence-electron chi connectivity index (χ1n) is 10.6. The number of nitrogens with zero attached hydrogens (tertiary/aromatic N) is 1. The lowest BCUT2D eigenvalue weighted by atomic mass is 9.84. The van der Waals surface area contributed by atoms with Crippen molar-refractivity contribution in [3.8, 4) is 11.5 Å². The maximum absolute atomic E-state index is 5.72. The van der Waals surface area contributed by atoms with Gasteiger partial charge in [0.05, 0.1) is 12.7 Å². The molecule has 2 N–H and O–H groups in total. The summed E-state index contributed by atoms with van der Waals surface area (Å²) in [5.74, 6) is 2.45. The Labute approximate surface area is 174 Å². The van der Waals surface area contributed by atoms with E-state index in [1.165, 1.54) is 5.56 Å². The van der Waals surface area contributed by atoms with E-state index in [4.69, 9.17) is 18.9 Å². The van der Waals surface area contributed by atoms with Crippen molar-refractivity contribution in [3.05, 3.63) is 23.8 Å². The molecule has 2 aliphatic rings. The van der Waals surface area contributed by atoms with Crippen LogP contribution in [0, 0.1) is 0 Å². The number of nitrogens with one attached hydrogen (secondary N) is 2. The molecule has 0 saturated carbocycles. The second kappa shape index (κ2) is 10.7. The normalized spacial score (nSPS) is 19.3. The number of hydrogen-bond donors (Lipinski definition) is 2. The molecule has 7 nitrogen and oxygen atoms in total. The van der Waals surface area contributed by atoms with Crippen molar-refractivity contribution in [2.24, 2.45) is 4.99 Å². The lowest BCUT2D eigenvalue weighted by molar-refractivity contribution is 0.0168. The summed E-state index contributed by atoms with van der Waals surface area (Å²) in [6.07, 6.45) is 3.49. The Kier molecular flexibility index (Phi) is 8.00. The van der Waals surface area contributed by atoms with Crippen LogP contribution >= 0.6 is 0 Å². The van der Waals surface area contributed by atoms with E-state index in [0.717, 1.165) is 63.0 Å². The SMILES string of the molecule is CN=C(NCCCOCC1CCCO1)NCC(C)(C)c1ccc2c(c1)OCCO2. The van der Waals surface area contributed by atoms with Gasteiger partial charge < -0.3 is 29.6 Å². The Morgan fingerprint density at radius 2 is 2.00 bits per heavy atom. The van der Waals surface area contributed by atoms with Crippen LogP contribution in [0.5, 0.6) is 11.5 Å². The van der Waals surface area contributed by atoms with Gasteiger partial charge in [-0.25, -0.2) is 0 Å². The Bertz CT molecular complexity index is 672. The van der Waals surface area contributed by atoms with E-state index in [-0.39, 0.29) is 5.41 Å². The molecule has 0 amide bonds. The van der Waals surface area contributed by atoms with Gasteiger partial charge in [0.15, 0.2) is 17.5 Å². The highest BCUT2D eigenvalue weighted by atomic mass is 16.6. The number of hydrogen-bond acceptors (Lipinski definition) is 5. The fraction of sp³-hybridized carbons (Fsp3) is 0.682. The first-order chi connectivity index (χ1) is 14.1. The molecule has 162 valence electrons. The molecule has 1 atom stereocenters. The molecular formula is C22H35N3O4. The Balaban J connectivity index is 1.37. The summed E-state index contributed by atoms with van der Waals surface area (Å²) in [5, 5.41) is 6.78. The lowest BCUT2D eigenvalue weighted by Gasteiger charge is -2.28. The van der Waals surface area contributed by atoms with Gasteiger partial charge in [-0.15, -0.1) is 0 Å². The van der Waals surface area contributed by atoms with E-state index in [1.807, 2.05) is 6.07 Å². The molecule has 2 aliphatic heterocycles. The molecule has 3 rings (SSSR count). The summed E-state index contributed by atoms with van der Waals surface area (Å²) in [6, 6.07) is 6.18. The second-order valence-corrected chi connectivity index (χ2v) is 8.16. The molecule has 1 aromatic rings. The summed E-state index contributed by atoms with van der Waals surface area (Å²) < 4.78 is 22.6. The van der Waals surface area contributed by atoms with E-state index in [0.29, 0.717) is 25.9 Å². The highest BCUT2D eigenvalue weighted by molar-refractivity contribution is 5.79. The van der Waals surface area contributed by atoms with Crippen LogP contribution in [-0.2, 0) is 14.9 Å². The quantitative estimate of drug-likeness (QED) is 0.374. The highest BCUT2D eigenvalue weighted by Gasteiger charge is 2.24. The minimum atomic E-state index is -0.0855. The van der Waals surface area contributed by atoms with Crippen molar-refractivity contribution in [1.82, 2.24) is 10.6 Å². The van der Waals surface area contributed by atoms with Crippen LogP contribution in [0.4, 0.5) is 0 Å². The summed E-state index contributed by atoms with van der Waals surface area (Å²) in [6.45, 7) is 9.50. The van der Waals surface area contributed by atoms with Crippen LogP contribution < -0.4 is 20.1 Å². The monoisotopic (exact) mass is 405 g/mol. The molecule has 0 aromatic heterocycles. The zero-order valence-corrected chi connectivity index (χ0v) is 18.0. The van der Waals surface area contributed by atoms with E-state index >= 15 is 0 Å². The van der Waals surface area contributed by atoms with Crippen molar-refractivity contribution < 1.29 is 18.9 Å². The number of rotatable bonds is 9. The fourth-order valence-corrected chi connectivity index (χ4v) is 3.46. The zero-order valence-electron chi connectivity index (χ0n) is 18.0. The molecule has 0 radical (unpaired) electrons. The molecule has 0 aliphatic carbocycles. The number of ether oxygens (including phenoxy) is 4. The van der Waals surface area contributed by atoms with Gasteiger partial charge in [0.1, 0.15) is 13.2 Å². The van der Waals surface area contributed by atoms with Gasteiger partial charge >= 0.3 is 0 Å². The predicted octanol–water partition coefficient (Wildman–Crippen LogP) is 2.49. The Morgan fingerprint density at radius 1 is 1.17 bits per heavy atom. The third kappa shape index (κ3) is 6.51. The topological polar surface area (TPSA) is 73.3 Å². The summed E-state index contributed by atoms with van der Waals surface area (Å²) in [7, 11) is 1.79. The number of guanidine groups is 1. The smallest absolute Gasteiger partial charge is 0.191 e. The summed E-state index contributed by atoms with van der Waals surface area (Å²) in [4.78, 5) is 4.32. The van der Waals surface area contributed by atoms with Crippen molar-refractivity contribution >= 4 is 5.96 Å². The van der Waals surface area contributed by atoms with Crippen molar-refractivity contribution in [1.29, 1.82) is 0 Å². The summed E-state index contributed by atoms with van der Waals surface area (Å²) in [5.41, 5.74) is 1.12. The van der Waals surface area contributed by atoms with Crippen LogP contribution in [0.25, 0.3) is 0 Å². The van der Waals surface area contributed by atoms with E-state index < -0.39 is 0 Å². The third-order valence-electron chi connectivity index (χ3n) is 5.33. The largest absolute Gasteiger partial charge is 0.486 e. The van der Waals surface area contributed by atoms with E-state index in [2.05, 4.69) is 41.6 Å². The van der Waals surface area contributed by atoms with Crippen LogP contribution in [-0.4, -0.2) is 65.2 Å². The third-order valence-corrected chi connectivity index (χ3v) is 5.33. The highest BCUT2D eigenvalue weighted by Crippen LogP contribution is 2.34. The standard InChI is InChI=1S/C22H35N3O4/c1-22(2,17-7-8-19-20(14-17)29-13-12-28-19)16-25-21(23-3)24-9-5-10-26-15-18-6-4-11-27-18/h7-8,14,18H,4-6,9-13,15-16H2,1-3H3,(H2,23,24,25). The number of aliphatic imine (C=N–C) groups is 1. The van der Waals surface area contributed by atoms with Crippen molar-refractivity contribution in [3.63, 3.8) is 0 Å². The Morgan fingerprint density at radius 3 is 2.76 bits per heavy atom. The van der Waals surface area contributed by atoms with Gasteiger partial charge in [-0.1, -0.05) is 19.9 Å². The molecule has 1 aromatic carbocycles. The van der Waals surface area contributed by atoms with Crippen molar-refractivity contribution in [2.75, 3.05) is 53.2 Å². The van der Waals surface area contributed by atoms with Crippen LogP contribution in [0.1, 0.15) is 38.7 Å². The van der Waals surface area contributed by atoms with E-state index in [1.54, 1.807) is 7.05 Å². The first-order valence-corrected chi connectivity index (χ1v) is 10.6. The zero-order chi connectivity index (χ0) is 20.5. The van der Waals surface area contributed by atoms with Gasteiger partial charge in [-0.05, 0) is 37.0 Å². The van der Waals surface area contributed by atoms with Crippen LogP contribution in [0.3, 0.4) is 0 Å². The van der Waals surface area contributed by atoms with Gasteiger partial charge in [0.2, 0.25) is 0 Å². The minimum Gasteiger partial charge on any atom is -0.486 e. The van der Waals surface area contributed by atoms with Gasteiger partial charge in [0.25, 0.3) is 0 Å². The predicted molar refractivity (Wildman–Crippen MR) is 114 cm³/mol. The molecule has 0 spiro atoms. The van der Waals surface area contributed by atoms with Crippen LogP contribution in [0.2, 0.25) is 0 Å². The molecule has 0 bridgehead atoms. The minimum absolute atomic E-state index is 0.0855. The van der Waals surface area contributed by atoms with Crippen molar-refractivity contribution in [2.45, 2.75) is 44.6 Å². The second-order valence-electron chi connectivity index (χ2n) is 8.16. The fourth-order valence-electron chi connectivity index (χ4n) is 3.46. The average molecular weight is 406 g/mol. The first kappa shape index (κ1) is 21.7. The molecular weight excluding hydrogens is 370 g/mol. The Hall–Kier alpha value is -1.99. The maximum atomic E-state index is 5.72. The number of benzene rings is 1. The summed E-state index contributed by atoms with van der Waals surface area (Å²) >= 11 is 0. The molecule has 29 heavy (non-hydrogen) atoms. The van der Waals surface area contributed by atoms with Crippen LogP contribution in [0.15, 0.2) is 23.2 Å². The lowest BCUT2D eigenvalue weighted by Crippen LogP contribution is -2.43. The van der Waals surface area contributed by atoms with E-state index in [9.17, 15) is 0 Å². The van der Waals surface area contributed by atoms with Gasteiger partial charge in [0, 0.05) is 38.8 Å². The van der Waals surface area contributed by atoms with Gasteiger partial charge in [-0.3, -0.25) is 4.99 Å². The molecule has 2 heterocycles. The molecule has 1 saturated heterocycles. The maximum Gasteiger partial charge on any atom is 0.191 e. The molecule has 7 heteroatoms. The molecule has 1 unspecified atom stereocenters. The van der Waals surface area contributed by atoms with Gasteiger partial charge in [-0.2, -0.15) is 0 Å². The molecule has 1 fully saturated rings. The average Bonchev–Trinajstić information content (AvgIpc) is 3.26. The number of fused-ring (bicyclic) bond motifs is 1.